The number of alkyl halides is 3. The molecule has 0 unspecified atom stereocenters. The molecule has 0 radical (unpaired) electrons. The van der Waals surface area contributed by atoms with Crippen LogP contribution in [0.3, 0.4) is 0 Å². The van der Waals surface area contributed by atoms with E-state index in [0.29, 0.717) is 18.0 Å². The monoisotopic (exact) mass is 304 g/mol. The molecule has 0 spiro atoms. The zero-order valence-corrected chi connectivity index (χ0v) is 11.6. The molecule has 0 amide bonds. The fourth-order valence-electron chi connectivity index (χ4n) is 1.77. The number of aromatic nitrogens is 2. The maximum Gasteiger partial charge on any atom is 0.435 e. The van der Waals surface area contributed by atoms with E-state index in [1.807, 2.05) is 6.92 Å². The van der Waals surface area contributed by atoms with Crippen molar-refractivity contribution >= 4 is 11.6 Å². The highest BCUT2D eigenvalue weighted by Gasteiger charge is 2.37. The van der Waals surface area contributed by atoms with Crippen molar-refractivity contribution in [3.63, 3.8) is 0 Å². The Kier molecular flexibility index (Phi) is 3.94. The molecule has 0 aliphatic rings. The van der Waals surface area contributed by atoms with Crippen molar-refractivity contribution in [3.8, 4) is 11.4 Å². The number of halogens is 4. The first-order valence-corrected chi connectivity index (χ1v) is 6.28. The molecule has 0 atom stereocenters. The Labute approximate surface area is 118 Å². The van der Waals surface area contributed by atoms with Gasteiger partial charge in [-0.15, -0.1) is 0 Å². The Morgan fingerprint density at radius 1 is 1.25 bits per heavy atom. The number of ether oxygens (including phenoxy) is 1. The van der Waals surface area contributed by atoms with Gasteiger partial charge in [-0.05, 0) is 38.1 Å². The minimum atomic E-state index is -4.52. The highest BCUT2D eigenvalue weighted by molar-refractivity contribution is 6.30. The lowest BCUT2D eigenvalue weighted by Gasteiger charge is -2.06. The first kappa shape index (κ1) is 14.7. The molecule has 2 rings (SSSR count). The predicted molar refractivity (Wildman–Crippen MR) is 69.5 cm³/mol. The zero-order valence-electron chi connectivity index (χ0n) is 10.8. The van der Waals surface area contributed by atoms with Crippen molar-refractivity contribution in [2.45, 2.75) is 20.0 Å². The van der Waals surface area contributed by atoms with Crippen molar-refractivity contribution in [2.75, 3.05) is 6.61 Å². The second kappa shape index (κ2) is 5.36. The van der Waals surface area contributed by atoms with Crippen LogP contribution in [0.1, 0.15) is 18.2 Å². The van der Waals surface area contributed by atoms with E-state index in [2.05, 4.69) is 5.10 Å². The second-order valence-corrected chi connectivity index (χ2v) is 4.46. The Morgan fingerprint density at radius 3 is 2.30 bits per heavy atom. The average molecular weight is 305 g/mol. The van der Waals surface area contributed by atoms with E-state index in [4.69, 9.17) is 16.3 Å². The predicted octanol–water partition coefficient (Wildman–Crippen LogP) is 4.25. The Hall–Kier alpha value is -1.69. The van der Waals surface area contributed by atoms with Gasteiger partial charge in [-0.2, -0.15) is 18.3 Å². The fourth-order valence-corrected chi connectivity index (χ4v) is 1.99. The molecule has 1 aromatic heterocycles. The average Bonchev–Trinajstić information content (AvgIpc) is 2.68. The third-order valence-corrected chi connectivity index (χ3v) is 3.15. The molecule has 0 N–H and O–H groups in total. The number of rotatable bonds is 3. The van der Waals surface area contributed by atoms with Crippen LogP contribution in [0.15, 0.2) is 24.3 Å². The summed E-state index contributed by atoms with van der Waals surface area (Å²) in [5, 5.41) is 3.49. The van der Waals surface area contributed by atoms with Gasteiger partial charge in [-0.3, -0.25) is 0 Å². The van der Waals surface area contributed by atoms with E-state index < -0.39 is 11.9 Å². The van der Waals surface area contributed by atoms with Crippen LogP contribution in [-0.2, 0) is 6.18 Å². The molecule has 3 nitrogen and oxygen atoms in total. The van der Waals surface area contributed by atoms with E-state index in [0.717, 1.165) is 4.68 Å². The smallest absolute Gasteiger partial charge is 0.435 e. The largest absolute Gasteiger partial charge is 0.494 e. The standard InChI is InChI=1S/C13H12ClF3N2O/c1-3-20-10-6-4-9(5-7-10)19-12(14)8(2)11(18-19)13(15,16)17/h4-7H,3H2,1-2H3. The number of hydrogen-bond donors (Lipinski definition) is 0. The quantitative estimate of drug-likeness (QED) is 0.847. The van der Waals surface area contributed by atoms with Gasteiger partial charge < -0.3 is 4.74 Å². The SMILES string of the molecule is CCOc1ccc(-n2nc(C(F)(F)F)c(C)c2Cl)cc1. The van der Waals surface area contributed by atoms with Gasteiger partial charge >= 0.3 is 6.18 Å². The van der Waals surface area contributed by atoms with Crippen LogP contribution in [0.2, 0.25) is 5.15 Å². The third-order valence-electron chi connectivity index (χ3n) is 2.71. The topological polar surface area (TPSA) is 27.1 Å². The molecule has 0 saturated carbocycles. The van der Waals surface area contributed by atoms with Crippen LogP contribution < -0.4 is 4.74 Å². The Balaban J connectivity index is 2.43. The lowest BCUT2D eigenvalue weighted by atomic mass is 10.3. The van der Waals surface area contributed by atoms with E-state index in [1.165, 1.54) is 6.92 Å². The second-order valence-electron chi connectivity index (χ2n) is 4.10. The normalized spacial score (nSPS) is 11.7. The van der Waals surface area contributed by atoms with E-state index in [1.54, 1.807) is 24.3 Å². The van der Waals surface area contributed by atoms with Gasteiger partial charge in [0.15, 0.2) is 5.69 Å². The lowest BCUT2D eigenvalue weighted by Crippen LogP contribution is -2.08. The highest BCUT2D eigenvalue weighted by Crippen LogP contribution is 2.35. The summed E-state index contributed by atoms with van der Waals surface area (Å²) in [5.41, 5.74) is -0.624. The molecule has 0 aliphatic carbocycles. The van der Waals surface area contributed by atoms with Crippen LogP contribution in [-0.4, -0.2) is 16.4 Å². The molecule has 108 valence electrons. The van der Waals surface area contributed by atoms with E-state index >= 15 is 0 Å². The minimum absolute atomic E-state index is 0.0542. The zero-order chi connectivity index (χ0) is 14.9. The summed E-state index contributed by atoms with van der Waals surface area (Å²) in [6.07, 6.45) is -4.52. The molecule has 2 aromatic rings. The van der Waals surface area contributed by atoms with Crippen molar-refractivity contribution in [1.29, 1.82) is 0 Å². The first-order valence-electron chi connectivity index (χ1n) is 5.90. The molecule has 7 heteroatoms. The fraction of sp³-hybridized carbons (Fsp3) is 0.308. The van der Waals surface area contributed by atoms with Crippen molar-refractivity contribution in [2.24, 2.45) is 0 Å². The first-order chi connectivity index (χ1) is 9.34. The molecule has 1 aromatic carbocycles. The van der Waals surface area contributed by atoms with Crippen LogP contribution in [0.4, 0.5) is 13.2 Å². The summed E-state index contributed by atoms with van der Waals surface area (Å²) >= 11 is 5.92. The Bertz CT molecular complexity index is 605. The summed E-state index contributed by atoms with van der Waals surface area (Å²) in [6.45, 7) is 3.65. The molecular formula is C13H12ClF3N2O. The molecule has 0 saturated heterocycles. The van der Waals surface area contributed by atoms with E-state index in [9.17, 15) is 13.2 Å². The summed E-state index contributed by atoms with van der Waals surface area (Å²) in [5.74, 6) is 0.632. The van der Waals surface area contributed by atoms with Gasteiger partial charge in [0.05, 0.1) is 12.3 Å². The highest BCUT2D eigenvalue weighted by atomic mass is 35.5. The van der Waals surface area contributed by atoms with Gasteiger partial charge in [0, 0.05) is 5.56 Å². The van der Waals surface area contributed by atoms with Crippen molar-refractivity contribution < 1.29 is 17.9 Å². The van der Waals surface area contributed by atoms with Gasteiger partial charge in [-0.1, -0.05) is 11.6 Å². The number of nitrogens with zero attached hydrogens (tertiary/aromatic N) is 2. The van der Waals surface area contributed by atoms with Crippen LogP contribution in [0.5, 0.6) is 5.75 Å². The Morgan fingerprint density at radius 2 is 1.85 bits per heavy atom. The van der Waals surface area contributed by atoms with E-state index in [-0.39, 0.29) is 10.7 Å². The van der Waals surface area contributed by atoms with Crippen LogP contribution in [0.25, 0.3) is 5.69 Å². The van der Waals surface area contributed by atoms with Gasteiger partial charge in [0.1, 0.15) is 10.9 Å². The molecule has 20 heavy (non-hydrogen) atoms. The lowest BCUT2D eigenvalue weighted by molar-refractivity contribution is -0.141. The van der Waals surface area contributed by atoms with Crippen molar-refractivity contribution in [3.05, 3.63) is 40.7 Å². The van der Waals surface area contributed by atoms with Crippen LogP contribution >= 0.6 is 11.6 Å². The number of hydrogen-bond acceptors (Lipinski definition) is 2. The van der Waals surface area contributed by atoms with Crippen LogP contribution in [0, 0.1) is 6.92 Å². The molecule has 0 fully saturated rings. The molecule has 1 heterocycles. The number of benzene rings is 1. The maximum absolute atomic E-state index is 12.8. The van der Waals surface area contributed by atoms with Gasteiger partial charge in [0.2, 0.25) is 0 Å². The maximum atomic E-state index is 12.8. The van der Waals surface area contributed by atoms with Gasteiger partial charge in [0.25, 0.3) is 0 Å². The summed E-state index contributed by atoms with van der Waals surface area (Å²) in [6, 6.07) is 6.51. The minimum Gasteiger partial charge on any atom is -0.494 e. The van der Waals surface area contributed by atoms with Crippen molar-refractivity contribution in [1.82, 2.24) is 9.78 Å². The summed E-state index contributed by atoms with van der Waals surface area (Å²) < 4.78 is 44.6. The molecule has 0 bridgehead atoms. The summed E-state index contributed by atoms with van der Waals surface area (Å²) in [7, 11) is 0. The van der Waals surface area contributed by atoms with Gasteiger partial charge in [-0.25, -0.2) is 4.68 Å². The molecular weight excluding hydrogens is 293 g/mol. The molecule has 0 aliphatic heterocycles. The third kappa shape index (κ3) is 2.75. The summed E-state index contributed by atoms with van der Waals surface area (Å²) in [4.78, 5) is 0.